The second kappa shape index (κ2) is 8.90. The number of nitrogens with zero attached hydrogens (tertiary/aromatic N) is 4. The molecule has 24 heavy (non-hydrogen) atoms. The average Bonchev–Trinajstić information content (AvgIpc) is 2.64. The number of rotatable bonds is 9. The van der Waals surface area contributed by atoms with Crippen LogP contribution in [0, 0.1) is 0 Å². The minimum Gasteiger partial charge on any atom is -0.493 e. The third-order valence-electron chi connectivity index (χ3n) is 3.66. The summed E-state index contributed by atoms with van der Waals surface area (Å²) in [7, 11) is 5.23. The van der Waals surface area contributed by atoms with Crippen molar-refractivity contribution in [3.05, 3.63) is 30.0 Å². The summed E-state index contributed by atoms with van der Waals surface area (Å²) in [6, 6.07) is 5.81. The lowest BCUT2D eigenvalue weighted by Gasteiger charge is -2.16. The van der Waals surface area contributed by atoms with E-state index in [2.05, 4.69) is 27.4 Å². The van der Waals surface area contributed by atoms with Crippen molar-refractivity contribution in [3.63, 3.8) is 0 Å². The molecule has 0 fully saturated rings. The van der Waals surface area contributed by atoms with E-state index in [1.165, 1.54) is 0 Å². The van der Waals surface area contributed by atoms with Crippen LogP contribution in [0.15, 0.2) is 24.4 Å². The molecule has 0 aliphatic heterocycles. The predicted octanol–water partition coefficient (Wildman–Crippen LogP) is 2.74. The van der Waals surface area contributed by atoms with E-state index < -0.39 is 0 Å². The standard InChI is InChI=1S/C17H25N5O2/c1-5-6-9-22(2)17-20-16(12-19-21-17)18-11-13-7-8-14(23-3)15(10-13)24-4/h7-8,10,12H,5-6,9,11H2,1-4H3,(H,18,20,21). The molecule has 1 aromatic carbocycles. The molecule has 0 unspecified atom stereocenters. The Hall–Kier alpha value is -2.57. The van der Waals surface area contributed by atoms with Gasteiger partial charge in [0.15, 0.2) is 17.3 Å². The summed E-state index contributed by atoms with van der Waals surface area (Å²) >= 11 is 0. The van der Waals surface area contributed by atoms with Gasteiger partial charge in [0.1, 0.15) is 0 Å². The topological polar surface area (TPSA) is 72.4 Å². The number of ether oxygens (including phenoxy) is 2. The summed E-state index contributed by atoms with van der Waals surface area (Å²) in [4.78, 5) is 6.51. The summed E-state index contributed by atoms with van der Waals surface area (Å²) in [6.45, 7) is 3.68. The second-order valence-electron chi connectivity index (χ2n) is 5.46. The van der Waals surface area contributed by atoms with E-state index in [1.807, 2.05) is 30.1 Å². The Morgan fingerprint density at radius 3 is 2.67 bits per heavy atom. The number of hydrogen-bond donors (Lipinski definition) is 1. The number of anilines is 2. The zero-order valence-electron chi connectivity index (χ0n) is 14.7. The molecule has 0 saturated carbocycles. The number of methoxy groups -OCH3 is 2. The van der Waals surface area contributed by atoms with E-state index in [0.717, 1.165) is 24.9 Å². The minimum atomic E-state index is 0.608. The third kappa shape index (κ3) is 4.71. The number of unbranched alkanes of at least 4 members (excludes halogenated alkanes) is 1. The Kier molecular flexibility index (Phi) is 6.60. The molecule has 0 spiro atoms. The maximum absolute atomic E-state index is 5.32. The molecule has 0 saturated heterocycles. The highest BCUT2D eigenvalue weighted by molar-refractivity contribution is 5.45. The summed E-state index contributed by atoms with van der Waals surface area (Å²) in [5.41, 5.74) is 1.06. The van der Waals surface area contributed by atoms with Gasteiger partial charge in [0.2, 0.25) is 5.95 Å². The van der Waals surface area contributed by atoms with Crippen molar-refractivity contribution in [1.82, 2.24) is 15.2 Å². The minimum absolute atomic E-state index is 0.608. The fraction of sp³-hybridized carbons (Fsp3) is 0.471. The van der Waals surface area contributed by atoms with E-state index in [4.69, 9.17) is 9.47 Å². The van der Waals surface area contributed by atoms with Crippen LogP contribution in [-0.4, -0.2) is 43.0 Å². The molecule has 1 N–H and O–H groups in total. The van der Waals surface area contributed by atoms with Gasteiger partial charge in [-0.2, -0.15) is 10.1 Å². The molecular weight excluding hydrogens is 306 g/mol. The van der Waals surface area contributed by atoms with Crippen molar-refractivity contribution in [2.45, 2.75) is 26.3 Å². The van der Waals surface area contributed by atoms with Gasteiger partial charge in [-0.05, 0) is 24.1 Å². The first kappa shape index (κ1) is 17.8. The van der Waals surface area contributed by atoms with Crippen LogP contribution in [0.4, 0.5) is 11.8 Å². The highest BCUT2D eigenvalue weighted by Gasteiger charge is 2.07. The Bertz CT molecular complexity index is 651. The molecule has 130 valence electrons. The Balaban J connectivity index is 2.01. The van der Waals surface area contributed by atoms with Gasteiger partial charge in [-0.1, -0.05) is 19.4 Å². The van der Waals surface area contributed by atoms with Crippen LogP contribution in [0.3, 0.4) is 0 Å². The molecular formula is C17H25N5O2. The first-order valence-corrected chi connectivity index (χ1v) is 8.03. The van der Waals surface area contributed by atoms with Crippen molar-refractivity contribution in [2.24, 2.45) is 0 Å². The Labute approximate surface area is 143 Å². The zero-order chi connectivity index (χ0) is 17.4. The van der Waals surface area contributed by atoms with E-state index in [0.29, 0.717) is 29.8 Å². The first-order chi connectivity index (χ1) is 11.7. The van der Waals surface area contributed by atoms with Crippen molar-refractivity contribution < 1.29 is 9.47 Å². The lowest BCUT2D eigenvalue weighted by molar-refractivity contribution is 0.354. The van der Waals surface area contributed by atoms with Gasteiger partial charge in [0.25, 0.3) is 0 Å². The zero-order valence-corrected chi connectivity index (χ0v) is 14.7. The molecule has 0 aliphatic rings. The van der Waals surface area contributed by atoms with Crippen molar-refractivity contribution in [3.8, 4) is 11.5 Å². The fourth-order valence-corrected chi connectivity index (χ4v) is 2.22. The van der Waals surface area contributed by atoms with Gasteiger partial charge >= 0.3 is 0 Å². The molecule has 0 atom stereocenters. The van der Waals surface area contributed by atoms with Gasteiger partial charge in [0.05, 0.1) is 20.4 Å². The number of nitrogens with one attached hydrogen (secondary N) is 1. The molecule has 2 aromatic rings. The fourth-order valence-electron chi connectivity index (χ4n) is 2.22. The highest BCUT2D eigenvalue weighted by atomic mass is 16.5. The van der Waals surface area contributed by atoms with E-state index >= 15 is 0 Å². The lowest BCUT2D eigenvalue weighted by atomic mass is 10.2. The van der Waals surface area contributed by atoms with Crippen LogP contribution in [0.2, 0.25) is 0 Å². The monoisotopic (exact) mass is 331 g/mol. The Morgan fingerprint density at radius 1 is 1.17 bits per heavy atom. The van der Waals surface area contributed by atoms with Gasteiger partial charge in [0, 0.05) is 20.1 Å². The summed E-state index contributed by atoms with van der Waals surface area (Å²) in [6.07, 6.45) is 3.86. The van der Waals surface area contributed by atoms with Gasteiger partial charge in [-0.25, -0.2) is 0 Å². The smallest absolute Gasteiger partial charge is 0.247 e. The number of hydrogen-bond acceptors (Lipinski definition) is 7. The molecule has 1 heterocycles. The normalized spacial score (nSPS) is 10.3. The molecule has 2 rings (SSSR count). The Morgan fingerprint density at radius 2 is 1.96 bits per heavy atom. The molecule has 0 aliphatic carbocycles. The van der Waals surface area contributed by atoms with E-state index in [-0.39, 0.29) is 0 Å². The summed E-state index contributed by atoms with van der Waals surface area (Å²) in [5, 5.41) is 11.4. The maximum atomic E-state index is 5.32. The predicted molar refractivity (Wildman–Crippen MR) is 94.9 cm³/mol. The summed E-state index contributed by atoms with van der Waals surface area (Å²) < 4.78 is 10.6. The second-order valence-corrected chi connectivity index (χ2v) is 5.46. The molecule has 7 nitrogen and oxygen atoms in total. The van der Waals surface area contributed by atoms with Gasteiger partial charge < -0.3 is 19.7 Å². The number of aromatic nitrogens is 3. The van der Waals surface area contributed by atoms with Crippen LogP contribution < -0.4 is 19.7 Å². The SMILES string of the molecule is CCCCN(C)c1nncc(NCc2ccc(OC)c(OC)c2)n1. The van der Waals surface area contributed by atoms with Crippen molar-refractivity contribution >= 4 is 11.8 Å². The molecule has 7 heteroatoms. The average molecular weight is 331 g/mol. The highest BCUT2D eigenvalue weighted by Crippen LogP contribution is 2.27. The molecule has 1 aromatic heterocycles. The lowest BCUT2D eigenvalue weighted by Crippen LogP contribution is -2.21. The van der Waals surface area contributed by atoms with Crippen LogP contribution >= 0.6 is 0 Å². The summed E-state index contributed by atoms with van der Waals surface area (Å²) in [5.74, 6) is 2.74. The number of benzene rings is 1. The third-order valence-corrected chi connectivity index (χ3v) is 3.66. The maximum Gasteiger partial charge on any atom is 0.247 e. The molecule has 0 bridgehead atoms. The van der Waals surface area contributed by atoms with Crippen LogP contribution in [0.5, 0.6) is 11.5 Å². The molecule has 0 radical (unpaired) electrons. The first-order valence-electron chi connectivity index (χ1n) is 8.03. The largest absolute Gasteiger partial charge is 0.493 e. The van der Waals surface area contributed by atoms with E-state index in [9.17, 15) is 0 Å². The molecule has 0 amide bonds. The van der Waals surface area contributed by atoms with Crippen LogP contribution in [0.1, 0.15) is 25.3 Å². The van der Waals surface area contributed by atoms with Crippen molar-refractivity contribution in [1.29, 1.82) is 0 Å². The van der Waals surface area contributed by atoms with Gasteiger partial charge in [-0.3, -0.25) is 0 Å². The van der Waals surface area contributed by atoms with Crippen LogP contribution in [-0.2, 0) is 6.54 Å². The quantitative estimate of drug-likeness (QED) is 0.757. The van der Waals surface area contributed by atoms with Crippen molar-refractivity contribution in [2.75, 3.05) is 38.0 Å². The van der Waals surface area contributed by atoms with E-state index in [1.54, 1.807) is 20.4 Å². The van der Waals surface area contributed by atoms with Gasteiger partial charge in [-0.15, -0.1) is 5.10 Å². The van der Waals surface area contributed by atoms with Crippen LogP contribution in [0.25, 0.3) is 0 Å².